The number of hydrogen-bond donors (Lipinski definition) is 2. The van der Waals surface area contributed by atoms with Crippen LogP contribution in [0.4, 0.5) is 11.6 Å². The van der Waals surface area contributed by atoms with Crippen LogP contribution in [0.3, 0.4) is 0 Å². The molecule has 1 fully saturated rings. The second-order valence-electron chi connectivity index (χ2n) is 3.65. The summed E-state index contributed by atoms with van der Waals surface area (Å²) in [5.41, 5.74) is 3.47. The molecule has 1 aromatic rings. The fourth-order valence-corrected chi connectivity index (χ4v) is 2.81. The van der Waals surface area contributed by atoms with Crippen LogP contribution in [0.1, 0.15) is 5.56 Å². The first-order valence-electron chi connectivity index (χ1n) is 5.10. The first-order valence-corrected chi connectivity index (χ1v) is 6.59. The lowest BCUT2D eigenvalue weighted by molar-refractivity contribution is 0.672. The summed E-state index contributed by atoms with van der Waals surface area (Å²) >= 11 is 0. The van der Waals surface area contributed by atoms with Gasteiger partial charge in [0.25, 0.3) is 0 Å². The van der Waals surface area contributed by atoms with Gasteiger partial charge in [0.1, 0.15) is 18.0 Å². The van der Waals surface area contributed by atoms with E-state index in [0.717, 1.165) is 24.5 Å². The van der Waals surface area contributed by atoms with E-state index in [0.29, 0.717) is 17.3 Å². The Morgan fingerprint density at radius 3 is 2.75 bits per heavy atom. The van der Waals surface area contributed by atoms with Crippen molar-refractivity contribution >= 4 is 22.4 Å². The Morgan fingerprint density at radius 2 is 2.12 bits per heavy atom. The van der Waals surface area contributed by atoms with Crippen molar-refractivity contribution in [3.05, 3.63) is 11.9 Å². The zero-order valence-electron chi connectivity index (χ0n) is 9.14. The number of hydrogen-bond acceptors (Lipinski definition) is 6. The van der Waals surface area contributed by atoms with Crippen LogP contribution in [-0.4, -0.2) is 38.8 Å². The molecule has 0 unspecified atom stereocenters. The number of anilines is 2. The van der Waals surface area contributed by atoms with Crippen LogP contribution in [0.2, 0.25) is 0 Å². The molecule has 0 bridgehead atoms. The molecule has 2 heterocycles. The lowest BCUT2D eigenvalue weighted by atomic mass is 10.3. The van der Waals surface area contributed by atoms with Crippen molar-refractivity contribution in [3.63, 3.8) is 0 Å². The number of hydrazine groups is 1. The highest BCUT2D eigenvalue weighted by molar-refractivity contribution is 7.85. The summed E-state index contributed by atoms with van der Waals surface area (Å²) in [5.74, 6) is 8.28. The van der Waals surface area contributed by atoms with Crippen LogP contribution in [-0.2, 0) is 10.8 Å². The van der Waals surface area contributed by atoms with Crippen LogP contribution < -0.4 is 16.2 Å². The zero-order chi connectivity index (χ0) is 11.5. The van der Waals surface area contributed by atoms with E-state index < -0.39 is 10.8 Å². The highest BCUT2D eigenvalue weighted by Gasteiger charge is 2.19. The van der Waals surface area contributed by atoms with E-state index in [1.807, 2.05) is 6.92 Å². The number of rotatable bonds is 2. The highest BCUT2D eigenvalue weighted by Crippen LogP contribution is 2.22. The Bertz CT molecular complexity index is 401. The maximum atomic E-state index is 11.3. The molecule has 0 spiro atoms. The predicted molar refractivity (Wildman–Crippen MR) is 64.7 cm³/mol. The standard InChI is InChI=1S/C9H15N5OS/c1-7-8(13-10)11-6-12-9(7)14-2-4-16(15)5-3-14/h6H,2-5,10H2,1H3,(H,11,12,13). The van der Waals surface area contributed by atoms with Gasteiger partial charge in [0.05, 0.1) is 0 Å². The van der Waals surface area contributed by atoms with Gasteiger partial charge in [-0.3, -0.25) is 4.21 Å². The van der Waals surface area contributed by atoms with Gasteiger partial charge in [0, 0.05) is 41.0 Å². The van der Waals surface area contributed by atoms with Gasteiger partial charge in [-0.25, -0.2) is 15.8 Å². The van der Waals surface area contributed by atoms with Crippen molar-refractivity contribution in [1.29, 1.82) is 0 Å². The van der Waals surface area contributed by atoms with Gasteiger partial charge < -0.3 is 10.3 Å². The minimum absolute atomic E-state index is 0.636. The van der Waals surface area contributed by atoms with Gasteiger partial charge in [-0.15, -0.1) is 0 Å². The summed E-state index contributed by atoms with van der Waals surface area (Å²) in [7, 11) is -0.674. The van der Waals surface area contributed by atoms with Crippen molar-refractivity contribution in [1.82, 2.24) is 9.97 Å². The molecule has 0 amide bonds. The van der Waals surface area contributed by atoms with Crippen LogP contribution in [0.25, 0.3) is 0 Å². The average Bonchev–Trinajstić information content (AvgIpc) is 2.31. The Balaban J connectivity index is 2.23. The van der Waals surface area contributed by atoms with E-state index >= 15 is 0 Å². The predicted octanol–water partition coefficient (Wildman–Crippen LogP) is -0.361. The maximum Gasteiger partial charge on any atom is 0.148 e. The minimum Gasteiger partial charge on any atom is -0.354 e. The third kappa shape index (κ3) is 2.14. The van der Waals surface area contributed by atoms with E-state index in [1.54, 1.807) is 0 Å². The van der Waals surface area contributed by atoms with E-state index in [4.69, 9.17) is 5.84 Å². The molecule has 7 heteroatoms. The molecular formula is C9H15N5OS. The van der Waals surface area contributed by atoms with Crippen LogP contribution in [0.15, 0.2) is 6.33 Å². The SMILES string of the molecule is Cc1c(NN)ncnc1N1CCS(=O)CC1. The number of nitrogens with two attached hydrogens (primary N) is 1. The van der Waals surface area contributed by atoms with Gasteiger partial charge in [-0.2, -0.15) is 0 Å². The molecule has 1 aliphatic rings. The third-order valence-corrected chi connectivity index (χ3v) is 3.95. The van der Waals surface area contributed by atoms with Crippen LogP contribution >= 0.6 is 0 Å². The van der Waals surface area contributed by atoms with E-state index in [1.165, 1.54) is 6.33 Å². The van der Waals surface area contributed by atoms with Gasteiger partial charge >= 0.3 is 0 Å². The molecule has 2 rings (SSSR count). The van der Waals surface area contributed by atoms with Crippen molar-refractivity contribution in [2.45, 2.75) is 6.92 Å². The molecule has 0 atom stereocenters. The van der Waals surface area contributed by atoms with Gasteiger partial charge in [-0.05, 0) is 6.92 Å². The van der Waals surface area contributed by atoms with Crippen LogP contribution in [0.5, 0.6) is 0 Å². The summed E-state index contributed by atoms with van der Waals surface area (Å²) in [6, 6.07) is 0. The Kier molecular flexibility index (Phi) is 3.35. The first kappa shape index (κ1) is 11.3. The Hall–Kier alpha value is -1.21. The normalized spacial score (nSPS) is 17.5. The van der Waals surface area contributed by atoms with E-state index in [9.17, 15) is 4.21 Å². The molecule has 16 heavy (non-hydrogen) atoms. The molecule has 1 aliphatic heterocycles. The molecule has 88 valence electrons. The maximum absolute atomic E-state index is 11.3. The Morgan fingerprint density at radius 1 is 1.44 bits per heavy atom. The smallest absolute Gasteiger partial charge is 0.148 e. The summed E-state index contributed by atoms with van der Waals surface area (Å²) < 4.78 is 11.3. The van der Waals surface area contributed by atoms with Gasteiger partial charge in [0.2, 0.25) is 0 Å². The summed E-state index contributed by atoms with van der Waals surface area (Å²) in [6.07, 6.45) is 1.49. The topological polar surface area (TPSA) is 84.1 Å². The minimum atomic E-state index is -0.674. The molecule has 1 aromatic heterocycles. The number of nitrogens with one attached hydrogen (secondary N) is 1. The van der Waals surface area contributed by atoms with Crippen molar-refractivity contribution < 1.29 is 4.21 Å². The first-order chi connectivity index (χ1) is 7.72. The Labute approximate surface area is 96.7 Å². The molecular weight excluding hydrogens is 226 g/mol. The largest absolute Gasteiger partial charge is 0.354 e. The fraction of sp³-hybridized carbons (Fsp3) is 0.556. The lowest BCUT2D eigenvalue weighted by Crippen LogP contribution is -2.38. The monoisotopic (exact) mass is 241 g/mol. The number of nitrogen functional groups attached to an aromatic ring is 1. The summed E-state index contributed by atoms with van der Waals surface area (Å²) in [4.78, 5) is 10.4. The van der Waals surface area contributed by atoms with Gasteiger partial charge in [0.15, 0.2) is 0 Å². The molecule has 3 N–H and O–H groups in total. The van der Waals surface area contributed by atoms with E-state index in [-0.39, 0.29) is 0 Å². The zero-order valence-corrected chi connectivity index (χ0v) is 9.96. The quantitative estimate of drug-likeness (QED) is 0.543. The third-order valence-electron chi connectivity index (χ3n) is 2.67. The number of aromatic nitrogens is 2. The summed E-state index contributed by atoms with van der Waals surface area (Å²) in [6.45, 7) is 3.47. The fourth-order valence-electron chi connectivity index (χ4n) is 1.75. The van der Waals surface area contributed by atoms with Crippen molar-refractivity contribution in [2.75, 3.05) is 34.9 Å². The lowest BCUT2D eigenvalue weighted by Gasteiger charge is -2.28. The van der Waals surface area contributed by atoms with Crippen molar-refractivity contribution in [3.8, 4) is 0 Å². The van der Waals surface area contributed by atoms with E-state index in [2.05, 4.69) is 20.3 Å². The van der Waals surface area contributed by atoms with Crippen molar-refractivity contribution in [2.24, 2.45) is 5.84 Å². The van der Waals surface area contributed by atoms with Gasteiger partial charge in [-0.1, -0.05) is 0 Å². The molecule has 0 saturated carbocycles. The molecule has 1 saturated heterocycles. The molecule has 0 aromatic carbocycles. The highest BCUT2D eigenvalue weighted by atomic mass is 32.2. The average molecular weight is 241 g/mol. The summed E-state index contributed by atoms with van der Waals surface area (Å²) in [5, 5.41) is 0. The van der Waals surface area contributed by atoms with Crippen LogP contribution in [0, 0.1) is 6.92 Å². The second-order valence-corrected chi connectivity index (χ2v) is 5.35. The molecule has 0 radical (unpaired) electrons. The second kappa shape index (κ2) is 4.75. The molecule has 6 nitrogen and oxygen atoms in total. The molecule has 0 aliphatic carbocycles. The number of nitrogens with zero attached hydrogens (tertiary/aromatic N) is 3.